The molecule has 0 bridgehead atoms. The second kappa shape index (κ2) is 3.65. The fraction of sp³-hybridized carbons (Fsp3) is 0.917. The third-order valence-corrected chi connectivity index (χ3v) is 4.91. The largest absolute Gasteiger partial charge is 0.339 e. The minimum atomic E-state index is -0.213. The molecule has 0 spiro atoms. The van der Waals surface area contributed by atoms with Crippen LogP contribution in [0, 0.1) is 17.8 Å². The van der Waals surface area contributed by atoms with Crippen LogP contribution >= 0.6 is 11.6 Å². The Morgan fingerprint density at radius 3 is 2.40 bits per heavy atom. The summed E-state index contributed by atoms with van der Waals surface area (Å²) >= 11 is 5.88. The van der Waals surface area contributed by atoms with E-state index >= 15 is 0 Å². The second-order valence-corrected chi connectivity index (χ2v) is 5.89. The summed E-state index contributed by atoms with van der Waals surface area (Å²) in [6.45, 7) is 4.05. The van der Waals surface area contributed by atoms with Gasteiger partial charge in [0.25, 0.3) is 0 Å². The van der Waals surface area contributed by atoms with E-state index in [-0.39, 0.29) is 5.54 Å². The van der Waals surface area contributed by atoms with E-state index in [4.69, 9.17) is 11.6 Å². The van der Waals surface area contributed by atoms with Crippen LogP contribution in [0.2, 0.25) is 0 Å². The molecular formula is C12H20ClNO. The van der Waals surface area contributed by atoms with E-state index in [1.807, 2.05) is 25.8 Å². The van der Waals surface area contributed by atoms with Gasteiger partial charge < -0.3 is 4.90 Å². The van der Waals surface area contributed by atoms with Gasteiger partial charge in [0.05, 0.1) is 5.54 Å². The normalized spacial score (nSPS) is 33.7. The van der Waals surface area contributed by atoms with Crippen molar-refractivity contribution < 1.29 is 4.79 Å². The monoisotopic (exact) mass is 229 g/mol. The Bertz CT molecular complexity index is 267. The number of hydrogen-bond donors (Lipinski definition) is 0. The first kappa shape index (κ1) is 11.3. The van der Waals surface area contributed by atoms with E-state index in [0.717, 1.165) is 0 Å². The average molecular weight is 230 g/mol. The number of rotatable bonds is 3. The molecule has 0 aliphatic heterocycles. The topological polar surface area (TPSA) is 20.3 Å². The molecular weight excluding hydrogens is 210 g/mol. The fourth-order valence-electron chi connectivity index (χ4n) is 2.80. The number of amides is 1. The molecule has 2 nitrogen and oxygen atoms in total. The van der Waals surface area contributed by atoms with Gasteiger partial charge in [0, 0.05) is 18.8 Å². The predicted molar refractivity (Wildman–Crippen MR) is 61.9 cm³/mol. The summed E-state index contributed by atoms with van der Waals surface area (Å²) in [5.74, 6) is 2.54. The third kappa shape index (κ3) is 1.77. The zero-order valence-electron chi connectivity index (χ0n) is 9.79. The Labute approximate surface area is 97.0 Å². The molecule has 0 radical (unpaired) electrons. The van der Waals surface area contributed by atoms with Gasteiger partial charge in [-0.1, -0.05) is 6.42 Å². The second-order valence-electron chi connectivity index (χ2n) is 5.63. The highest BCUT2D eigenvalue weighted by atomic mass is 35.5. The van der Waals surface area contributed by atoms with Crippen LogP contribution in [0.3, 0.4) is 0 Å². The highest BCUT2D eigenvalue weighted by molar-refractivity contribution is 6.18. The van der Waals surface area contributed by atoms with Gasteiger partial charge in [-0.25, -0.2) is 0 Å². The van der Waals surface area contributed by atoms with Gasteiger partial charge >= 0.3 is 0 Å². The van der Waals surface area contributed by atoms with Crippen molar-refractivity contribution in [2.45, 2.75) is 38.6 Å². The molecule has 2 saturated carbocycles. The van der Waals surface area contributed by atoms with Gasteiger partial charge in [0.2, 0.25) is 5.91 Å². The van der Waals surface area contributed by atoms with Gasteiger partial charge in [0.15, 0.2) is 0 Å². The molecule has 2 rings (SSSR count). The predicted octanol–water partition coefficient (Wildman–Crippen LogP) is 2.51. The minimum Gasteiger partial charge on any atom is -0.339 e. The van der Waals surface area contributed by atoms with Crippen molar-refractivity contribution in [3.8, 4) is 0 Å². The molecule has 2 aliphatic rings. The highest BCUT2D eigenvalue weighted by Gasteiger charge is 2.57. The zero-order valence-corrected chi connectivity index (χ0v) is 10.5. The minimum absolute atomic E-state index is 0.213. The lowest BCUT2D eigenvalue weighted by Crippen LogP contribution is -2.47. The Balaban J connectivity index is 1.97. The van der Waals surface area contributed by atoms with Crippen LogP contribution in [0.4, 0.5) is 0 Å². The quantitative estimate of drug-likeness (QED) is 0.681. The summed E-state index contributed by atoms with van der Waals surface area (Å²) in [5.41, 5.74) is -0.213. The van der Waals surface area contributed by atoms with Crippen molar-refractivity contribution in [2.24, 2.45) is 17.8 Å². The third-order valence-electron chi connectivity index (χ3n) is 4.26. The molecule has 0 heterocycles. The van der Waals surface area contributed by atoms with Crippen molar-refractivity contribution in [3.63, 3.8) is 0 Å². The van der Waals surface area contributed by atoms with E-state index in [2.05, 4.69) is 0 Å². The fourth-order valence-corrected chi connectivity index (χ4v) is 2.98. The van der Waals surface area contributed by atoms with Crippen LogP contribution in [0.1, 0.15) is 33.1 Å². The van der Waals surface area contributed by atoms with E-state index in [0.29, 0.717) is 29.5 Å². The number of fused-ring (bicyclic) bond motifs is 1. The Kier molecular flexibility index (Phi) is 2.74. The standard InChI is InChI=1S/C12H20ClNO/c1-12(2,7-13)14(3)11(15)10-8-5-4-6-9(8)10/h8-10H,4-7H2,1-3H3. The Hall–Kier alpha value is -0.240. The molecule has 2 fully saturated rings. The molecule has 0 aromatic heterocycles. The molecule has 3 heteroatoms. The molecule has 15 heavy (non-hydrogen) atoms. The first-order valence-electron chi connectivity index (χ1n) is 5.82. The molecule has 2 atom stereocenters. The number of halogens is 1. The number of nitrogens with zero attached hydrogens (tertiary/aromatic N) is 1. The summed E-state index contributed by atoms with van der Waals surface area (Å²) in [7, 11) is 1.89. The smallest absolute Gasteiger partial charge is 0.226 e. The first-order valence-corrected chi connectivity index (χ1v) is 6.36. The maximum Gasteiger partial charge on any atom is 0.226 e. The molecule has 86 valence electrons. The maximum absolute atomic E-state index is 12.2. The lowest BCUT2D eigenvalue weighted by molar-refractivity contribution is -0.136. The molecule has 0 saturated heterocycles. The van der Waals surface area contributed by atoms with E-state index in [1.54, 1.807) is 0 Å². The van der Waals surface area contributed by atoms with Crippen LogP contribution in [-0.2, 0) is 4.79 Å². The van der Waals surface area contributed by atoms with Gasteiger partial charge in [0.1, 0.15) is 0 Å². The Morgan fingerprint density at radius 2 is 1.93 bits per heavy atom. The summed E-state index contributed by atoms with van der Waals surface area (Å²) in [5, 5.41) is 0. The van der Waals surface area contributed by atoms with Crippen molar-refractivity contribution in [3.05, 3.63) is 0 Å². The van der Waals surface area contributed by atoms with Crippen molar-refractivity contribution in [1.82, 2.24) is 4.90 Å². The number of hydrogen-bond acceptors (Lipinski definition) is 1. The maximum atomic E-state index is 12.2. The lowest BCUT2D eigenvalue weighted by Gasteiger charge is -2.34. The molecule has 0 aromatic carbocycles. The average Bonchev–Trinajstić information content (AvgIpc) is 2.69. The zero-order chi connectivity index (χ0) is 11.2. The summed E-state index contributed by atoms with van der Waals surface area (Å²) in [6, 6.07) is 0. The van der Waals surface area contributed by atoms with Gasteiger partial charge in [-0.05, 0) is 38.5 Å². The molecule has 2 unspecified atom stereocenters. The van der Waals surface area contributed by atoms with E-state index < -0.39 is 0 Å². The summed E-state index contributed by atoms with van der Waals surface area (Å²) in [4.78, 5) is 14.0. The van der Waals surface area contributed by atoms with E-state index in [1.165, 1.54) is 19.3 Å². The lowest BCUT2D eigenvalue weighted by atomic mass is 10.0. The number of carbonyl (C=O) groups excluding carboxylic acids is 1. The van der Waals surface area contributed by atoms with Gasteiger partial charge in [-0.15, -0.1) is 11.6 Å². The van der Waals surface area contributed by atoms with Crippen LogP contribution in [0.5, 0.6) is 0 Å². The number of alkyl halides is 1. The van der Waals surface area contributed by atoms with Crippen LogP contribution < -0.4 is 0 Å². The Morgan fingerprint density at radius 1 is 1.40 bits per heavy atom. The molecule has 1 amide bonds. The van der Waals surface area contributed by atoms with Crippen molar-refractivity contribution in [2.75, 3.05) is 12.9 Å². The van der Waals surface area contributed by atoms with Crippen LogP contribution in [0.15, 0.2) is 0 Å². The van der Waals surface area contributed by atoms with E-state index in [9.17, 15) is 4.79 Å². The van der Waals surface area contributed by atoms with Crippen molar-refractivity contribution >= 4 is 17.5 Å². The summed E-state index contributed by atoms with van der Waals surface area (Å²) in [6.07, 6.45) is 3.84. The first-order chi connectivity index (χ1) is 6.99. The number of carbonyl (C=O) groups is 1. The van der Waals surface area contributed by atoms with Crippen molar-refractivity contribution in [1.29, 1.82) is 0 Å². The SMILES string of the molecule is CN(C(=O)C1C2CCCC21)C(C)(C)CCl. The molecule has 0 N–H and O–H groups in total. The van der Waals surface area contributed by atoms with Gasteiger partial charge in [-0.3, -0.25) is 4.79 Å². The summed E-state index contributed by atoms with van der Waals surface area (Å²) < 4.78 is 0. The molecule has 0 aromatic rings. The highest BCUT2D eigenvalue weighted by Crippen LogP contribution is 2.58. The van der Waals surface area contributed by atoms with Crippen LogP contribution in [0.25, 0.3) is 0 Å². The van der Waals surface area contributed by atoms with Gasteiger partial charge in [-0.2, -0.15) is 0 Å². The van der Waals surface area contributed by atoms with Crippen LogP contribution in [-0.4, -0.2) is 29.3 Å². The molecule has 2 aliphatic carbocycles.